The molecule has 6 nitrogen and oxygen atoms in total. The molecule has 20 heavy (non-hydrogen) atoms. The van der Waals surface area contributed by atoms with Gasteiger partial charge in [0.2, 0.25) is 0 Å². The number of fused-ring (bicyclic) bond motifs is 1. The van der Waals surface area contributed by atoms with E-state index in [1.165, 1.54) is 16.7 Å². The van der Waals surface area contributed by atoms with Gasteiger partial charge in [-0.05, 0) is 40.5 Å². The van der Waals surface area contributed by atoms with E-state index >= 15 is 0 Å². The second-order valence-corrected chi connectivity index (χ2v) is 4.94. The predicted molar refractivity (Wildman–Crippen MR) is 74.6 cm³/mol. The molecule has 1 aromatic heterocycles. The zero-order chi connectivity index (χ0) is 13.9. The molecule has 1 unspecified atom stereocenters. The molecule has 0 saturated heterocycles. The van der Waals surface area contributed by atoms with Crippen molar-refractivity contribution in [3.05, 3.63) is 40.7 Å². The molecule has 1 aromatic carbocycles. The largest absolute Gasteiger partial charge is 0.373 e. The molecule has 0 saturated carbocycles. The summed E-state index contributed by atoms with van der Waals surface area (Å²) in [5.74, 6) is 0.737. The molecule has 3 rings (SSSR count). The van der Waals surface area contributed by atoms with Gasteiger partial charge >= 0.3 is 0 Å². The van der Waals surface area contributed by atoms with Gasteiger partial charge < -0.3 is 4.74 Å². The van der Waals surface area contributed by atoms with Gasteiger partial charge in [-0.15, -0.1) is 5.10 Å². The highest BCUT2D eigenvalue weighted by molar-refractivity contribution is 5.85. The van der Waals surface area contributed by atoms with Crippen LogP contribution >= 0.6 is 0 Å². The van der Waals surface area contributed by atoms with Gasteiger partial charge in [0.1, 0.15) is 6.61 Å². The zero-order valence-corrected chi connectivity index (χ0v) is 11.7. The van der Waals surface area contributed by atoms with Crippen LogP contribution in [0.4, 0.5) is 0 Å². The summed E-state index contributed by atoms with van der Waals surface area (Å²) >= 11 is 0. The lowest BCUT2D eigenvalue weighted by Crippen LogP contribution is -2.05. The maximum atomic E-state index is 5.61. The summed E-state index contributed by atoms with van der Waals surface area (Å²) in [6.45, 7) is 3.21. The van der Waals surface area contributed by atoms with Gasteiger partial charge in [-0.2, -0.15) is 0 Å². The molecule has 6 heteroatoms. The fraction of sp³-hybridized carbons (Fsp3) is 0.429. The molecule has 1 aliphatic rings. The molecule has 0 fully saturated rings. The predicted octanol–water partition coefficient (Wildman–Crippen LogP) is 1.46. The first-order chi connectivity index (χ1) is 9.74. The van der Waals surface area contributed by atoms with Crippen LogP contribution in [0.1, 0.15) is 35.5 Å². The summed E-state index contributed by atoms with van der Waals surface area (Å²) < 4.78 is 7.23. The Labute approximate surface area is 117 Å². The Hall–Kier alpha value is -2.08. The lowest BCUT2D eigenvalue weighted by molar-refractivity contribution is 0.115. The van der Waals surface area contributed by atoms with Crippen LogP contribution in [0.5, 0.6) is 0 Å². The zero-order valence-electron chi connectivity index (χ0n) is 11.7. The van der Waals surface area contributed by atoms with Gasteiger partial charge in [0.15, 0.2) is 5.82 Å². The molecular formula is C14H17N5O. The minimum absolute atomic E-state index is 0.274. The number of nitrogens with zero attached hydrogens (tertiary/aromatic N) is 5. The number of ether oxygens (including phenoxy) is 1. The summed E-state index contributed by atoms with van der Waals surface area (Å²) in [7, 11) is 1.81. The maximum Gasteiger partial charge on any atom is 0.176 e. The van der Waals surface area contributed by atoms with Crippen molar-refractivity contribution in [3.63, 3.8) is 0 Å². The Morgan fingerprint density at radius 2 is 2.25 bits per heavy atom. The molecule has 1 atom stereocenters. The lowest BCUT2D eigenvalue weighted by Gasteiger charge is -2.07. The van der Waals surface area contributed by atoms with Crippen LogP contribution in [0.25, 0.3) is 0 Å². The van der Waals surface area contributed by atoms with Gasteiger partial charge in [-0.1, -0.05) is 18.2 Å². The smallest absolute Gasteiger partial charge is 0.176 e. The molecule has 0 bridgehead atoms. The van der Waals surface area contributed by atoms with Crippen LogP contribution in [0.3, 0.4) is 0 Å². The van der Waals surface area contributed by atoms with E-state index in [9.17, 15) is 0 Å². The minimum atomic E-state index is 0.274. The molecular weight excluding hydrogens is 254 g/mol. The topological polar surface area (TPSA) is 65.2 Å². The number of hydrogen-bond acceptors (Lipinski definition) is 5. The quantitative estimate of drug-likeness (QED) is 0.772. The van der Waals surface area contributed by atoms with Gasteiger partial charge in [-0.25, -0.2) is 4.68 Å². The van der Waals surface area contributed by atoms with Crippen molar-refractivity contribution in [2.45, 2.75) is 26.0 Å². The number of benzene rings is 1. The third-order valence-electron chi connectivity index (χ3n) is 3.51. The van der Waals surface area contributed by atoms with E-state index in [1.807, 2.05) is 6.21 Å². The molecule has 0 radical (unpaired) electrons. The average molecular weight is 271 g/mol. The highest BCUT2D eigenvalue weighted by Gasteiger charge is 2.14. The van der Waals surface area contributed by atoms with E-state index in [0.29, 0.717) is 13.2 Å². The number of rotatable bonds is 5. The van der Waals surface area contributed by atoms with Crippen LogP contribution in [-0.4, -0.2) is 33.0 Å². The first-order valence-electron chi connectivity index (χ1n) is 6.69. The van der Waals surface area contributed by atoms with Crippen LogP contribution < -0.4 is 0 Å². The Morgan fingerprint density at radius 1 is 1.35 bits per heavy atom. The van der Waals surface area contributed by atoms with E-state index in [1.54, 1.807) is 11.7 Å². The van der Waals surface area contributed by atoms with Crippen LogP contribution in [0.15, 0.2) is 23.2 Å². The summed E-state index contributed by atoms with van der Waals surface area (Å²) in [6.07, 6.45) is 2.83. The van der Waals surface area contributed by atoms with Gasteiger partial charge in [-0.3, -0.25) is 4.99 Å². The molecule has 2 aromatic rings. The van der Waals surface area contributed by atoms with E-state index in [2.05, 4.69) is 45.6 Å². The summed E-state index contributed by atoms with van der Waals surface area (Å²) in [4.78, 5) is 4.40. The minimum Gasteiger partial charge on any atom is -0.373 e. The fourth-order valence-corrected chi connectivity index (χ4v) is 2.26. The van der Waals surface area contributed by atoms with Gasteiger partial charge in [0.05, 0.1) is 12.6 Å². The summed E-state index contributed by atoms with van der Waals surface area (Å²) in [5, 5.41) is 11.2. The highest BCUT2D eigenvalue weighted by Crippen LogP contribution is 2.26. The van der Waals surface area contributed by atoms with Crippen molar-refractivity contribution in [2.75, 3.05) is 6.61 Å². The van der Waals surface area contributed by atoms with Crippen LogP contribution in [0.2, 0.25) is 0 Å². The normalized spacial score (nSPS) is 16.6. The van der Waals surface area contributed by atoms with Crippen molar-refractivity contribution in [1.29, 1.82) is 0 Å². The monoisotopic (exact) mass is 271 g/mol. The molecule has 2 heterocycles. The number of aliphatic imine (C=N–C) groups is 1. The van der Waals surface area contributed by atoms with Crippen molar-refractivity contribution in [2.24, 2.45) is 12.0 Å². The second-order valence-electron chi connectivity index (χ2n) is 4.94. The molecule has 0 aliphatic carbocycles. The van der Waals surface area contributed by atoms with Crippen molar-refractivity contribution in [3.8, 4) is 0 Å². The summed E-state index contributed by atoms with van der Waals surface area (Å²) in [5.41, 5.74) is 3.81. The third-order valence-corrected chi connectivity index (χ3v) is 3.51. The molecule has 104 valence electrons. The Kier molecular flexibility index (Phi) is 3.56. The first kappa shape index (κ1) is 12.9. The average Bonchev–Trinajstić information content (AvgIpc) is 3.02. The van der Waals surface area contributed by atoms with Crippen molar-refractivity contribution < 1.29 is 4.74 Å². The van der Waals surface area contributed by atoms with E-state index < -0.39 is 0 Å². The maximum absolute atomic E-state index is 5.61. The standard InChI is InChI=1S/C14H17N5O/c1-10-13-7-11(3-4-12(13)8-15-10)5-6-20-9-14-16-17-18-19(14)2/h3-4,7-8,10H,5-6,9H2,1-2H3. The van der Waals surface area contributed by atoms with E-state index in [-0.39, 0.29) is 6.04 Å². The molecule has 1 aliphatic heterocycles. The summed E-state index contributed by atoms with van der Waals surface area (Å²) in [6, 6.07) is 6.76. The molecule has 0 amide bonds. The number of aryl methyl sites for hydroxylation is 1. The van der Waals surface area contributed by atoms with Crippen LogP contribution in [0, 0.1) is 0 Å². The van der Waals surface area contributed by atoms with Crippen LogP contribution in [-0.2, 0) is 24.8 Å². The Morgan fingerprint density at radius 3 is 3.05 bits per heavy atom. The van der Waals surface area contributed by atoms with Gasteiger partial charge in [0, 0.05) is 13.3 Å². The number of aromatic nitrogens is 4. The lowest BCUT2D eigenvalue weighted by atomic mass is 10.0. The second kappa shape index (κ2) is 5.50. The Bertz CT molecular complexity index is 634. The number of hydrogen-bond donors (Lipinski definition) is 0. The fourth-order valence-electron chi connectivity index (χ4n) is 2.26. The van der Waals surface area contributed by atoms with Crippen molar-refractivity contribution >= 4 is 6.21 Å². The molecule has 0 spiro atoms. The van der Waals surface area contributed by atoms with Crippen molar-refractivity contribution in [1.82, 2.24) is 20.2 Å². The first-order valence-corrected chi connectivity index (χ1v) is 6.69. The van der Waals surface area contributed by atoms with E-state index in [0.717, 1.165) is 12.2 Å². The highest BCUT2D eigenvalue weighted by atomic mass is 16.5. The third kappa shape index (κ3) is 2.60. The SMILES string of the molecule is CC1N=Cc2ccc(CCOCc3nnnn3C)cc21. The van der Waals surface area contributed by atoms with Gasteiger partial charge in [0.25, 0.3) is 0 Å². The molecule has 0 N–H and O–H groups in total. The Balaban J connectivity index is 1.52. The van der Waals surface area contributed by atoms with E-state index in [4.69, 9.17) is 4.74 Å². The number of tetrazole rings is 1.